The van der Waals surface area contributed by atoms with E-state index in [4.69, 9.17) is 9.52 Å². The number of rotatable bonds is 5. The number of carbonyl (C=O) groups is 2. The summed E-state index contributed by atoms with van der Waals surface area (Å²) >= 11 is 3.45. The van der Waals surface area contributed by atoms with Crippen LogP contribution >= 0.6 is 15.9 Å². The van der Waals surface area contributed by atoms with Crippen molar-refractivity contribution in [3.8, 4) is 11.3 Å². The van der Waals surface area contributed by atoms with Crippen LogP contribution in [0.25, 0.3) is 11.3 Å². The summed E-state index contributed by atoms with van der Waals surface area (Å²) in [5.74, 6) is 1.13. The fourth-order valence-corrected chi connectivity index (χ4v) is 5.01. The molecule has 3 heterocycles. The lowest BCUT2D eigenvalue weighted by molar-refractivity contribution is -0.122. The summed E-state index contributed by atoms with van der Waals surface area (Å²) in [6.45, 7) is 4.13. The van der Waals surface area contributed by atoms with Crippen LogP contribution in [-0.4, -0.2) is 39.6 Å². The number of amides is 2. The molecule has 1 fully saturated rings. The maximum atomic E-state index is 12.9. The van der Waals surface area contributed by atoms with Crippen LogP contribution in [0.1, 0.15) is 45.8 Å². The fourth-order valence-electron chi connectivity index (χ4n) is 4.56. The van der Waals surface area contributed by atoms with E-state index in [0.29, 0.717) is 12.3 Å². The van der Waals surface area contributed by atoms with Crippen molar-refractivity contribution in [2.45, 2.75) is 45.7 Å². The molecule has 0 atom stereocenters. The molecule has 3 aromatic rings. The van der Waals surface area contributed by atoms with E-state index in [0.717, 1.165) is 77.0 Å². The third-order valence-electron chi connectivity index (χ3n) is 6.19. The van der Waals surface area contributed by atoms with Gasteiger partial charge in [0.05, 0.1) is 5.69 Å². The highest BCUT2D eigenvalue weighted by atomic mass is 79.9. The SMILES string of the molecule is Cc1c(C(=O)N2CCCC2)oc2c1-c1nn(CC(=O)NCc3cccc(Br)c3)cc1CC2. The number of halogens is 1. The Kier molecular flexibility index (Phi) is 5.63. The molecule has 5 rings (SSSR count). The van der Waals surface area contributed by atoms with Gasteiger partial charge in [-0.15, -0.1) is 0 Å². The number of hydrogen-bond acceptors (Lipinski definition) is 4. The summed E-state index contributed by atoms with van der Waals surface area (Å²) in [5, 5.41) is 7.64. The average Bonchev–Trinajstić information content (AvgIpc) is 3.50. The number of furan rings is 1. The Morgan fingerprint density at radius 1 is 1.22 bits per heavy atom. The van der Waals surface area contributed by atoms with Crippen molar-refractivity contribution in [2.24, 2.45) is 0 Å². The minimum atomic E-state index is -0.0983. The lowest BCUT2D eigenvalue weighted by Gasteiger charge is -2.13. The zero-order valence-electron chi connectivity index (χ0n) is 18.0. The summed E-state index contributed by atoms with van der Waals surface area (Å²) < 4.78 is 8.70. The predicted molar refractivity (Wildman–Crippen MR) is 123 cm³/mol. The number of fused-ring (bicyclic) bond motifs is 3. The van der Waals surface area contributed by atoms with E-state index in [-0.39, 0.29) is 18.4 Å². The Morgan fingerprint density at radius 2 is 2.03 bits per heavy atom. The van der Waals surface area contributed by atoms with Gasteiger partial charge in [0.15, 0.2) is 5.76 Å². The van der Waals surface area contributed by atoms with Gasteiger partial charge >= 0.3 is 0 Å². The van der Waals surface area contributed by atoms with Crippen molar-refractivity contribution in [3.63, 3.8) is 0 Å². The van der Waals surface area contributed by atoms with Crippen LogP contribution in [0.5, 0.6) is 0 Å². The third-order valence-corrected chi connectivity index (χ3v) is 6.68. The van der Waals surface area contributed by atoms with Crippen molar-refractivity contribution < 1.29 is 14.0 Å². The van der Waals surface area contributed by atoms with Crippen molar-refractivity contribution in [1.82, 2.24) is 20.0 Å². The second-order valence-electron chi connectivity index (χ2n) is 8.46. The van der Waals surface area contributed by atoms with Crippen LogP contribution in [0.2, 0.25) is 0 Å². The molecule has 1 aliphatic heterocycles. The van der Waals surface area contributed by atoms with E-state index in [1.54, 1.807) is 4.68 Å². The highest BCUT2D eigenvalue weighted by Crippen LogP contribution is 2.38. The summed E-state index contributed by atoms with van der Waals surface area (Å²) in [4.78, 5) is 27.3. The standard InChI is InChI=1S/C24H25BrN4O3/c1-15-21-19(32-23(15)24(31)28-9-2-3-10-28)8-7-17-13-29(27-22(17)21)14-20(30)26-12-16-5-4-6-18(25)11-16/h4-6,11,13H,2-3,7-10,12,14H2,1H3,(H,26,30). The van der Waals surface area contributed by atoms with Gasteiger partial charge in [0.1, 0.15) is 12.3 Å². The van der Waals surface area contributed by atoms with Gasteiger partial charge in [-0.1, -0.05) is 28.1 Å². The lowest BCUT2D eigenvalue weighted by Crippen LogP contribution is -2.27. The number of carbonyl (C=O) groups excluding carboxylic acids is 2. The number of aryl methyl sites for hydroxylation is 2. The van der Waals surface area contributed by atoms with Crippen molar-refractivity contribution in [2.75, 3.05) is 13.1 Å². The minimum absolute atomic E-state index is 0.0256. The predicted octanol–water partition coefficient (Wildman–Crippen LogP) is 3.87. The number of likely N-dealkylation sites (tertiary alicyclic amines) is 1. The van der Waals surface area contributed by atoms with Gasteiger partial charge in [0, 0.05) is 47.9 Å². The first kappa shape index (κ1) is 21.0. The Labute approximate surface area is 194 Å². The Balaban J connectivity index is 1.32. The maximum absolute atomic E-state index is 12.9. The zero-order valence-corrected chi connectivity index (χ0v) is 19.6. The molecule has 2 aliphatic rings. The molecular formula is C24H25BrN4O3. The molecule has 1 N–H and O–H groups in total. The molecule has 166 valence electrons. The molecule has 2 aromatic heterocycles. The second kappa shape index (κ2) is 8.58. The van der Waals surface area contributed by atoms with Gasteiger partial charge in [-0.25, -0.2) is 0 Å². The second-order valence-corrected chi connectivity index (χ2v) is 9.38. The molecular weight excluding hydrogens is 472 g/mol. The van der Waals surface area contributed by atoms with Crippen LogP contribution < -0.4 is 5.32 Å². The molecule has 32 heavy (non-hydrogen) atoms. The van der Waals surface area contributed by atoms with Gasteiger partial charge in [-0.3, -0.25) is 14.3 Å². The molecule has 1 aromatic carbocycles. The summed E-state index contributed by atoms with van der Waals surface area (Å²) in [5.41, 5.74) is 4.71. The number of hydrogen-bond donors (Lipinski definition) is 1. The summed E-state index contributed by atoms with van der Waals surface area (Å²) in [6.07, 6.45) is 5.54. The van der Waals surface area contributed by atoms with Gasteiger partial charge in [0.2, 0.25) is 5.91 Å². The van der Waals surface area contributed by atoms with E-state index >= 15 is 0 Å². The van der Waals surface area contributed by atoms with E-state index in [1.165, 1.54) is 0 Å². The summed E-state index contributed by atoms with van der Waals surface area (Å²) in [6, 6.07) is 7.86. The molecule has 0 spiro atoms. The Hall–Kier alpha value is -2.87. The van der Waals surface area contributed by atoms with Crippen LogP contribution in [0.3, 0.4) is 0 Å². The lowest BCUT2D eigenvalue weighted by atomic mass is 9.93. The van der Waals surface area contributed by atoms with Crippen molar-refractivity contribution >= 4 is 27.7 Å². The van der Waals surface area contributed by atoms with Gasteiger partial charge in [-0.2, -0.15) is 5.10 Å². The molecule has 8 heteroatoms. The highest BCUT2D eigenvalue weighted by molar-refractivity contribution is 9.10. The molecule has 0 bridgehead atoms. The topological polar surface area (TPSA) is 80.4 Å². The van der Waals surface area contributed by atoms with Crippen molar-refractivity contribution in [1.29, 1.82) is 0 Å². The van der Waals surface area contributed by atoms with Crippen molar-refractivity contribution in [3.05, 3.63) is 63.1 Å². The maximum Gasteiger partial charge on any atom is 0.289 e. The molecule has 1 saturated heterocycles. The monoisotopic (exact) mass is 496 g/mol. The Bertz CT molecular complexity index is 1190. The molecule has 7 nitrogen and oxygen atoms in total. The zero-order chi connectivity index (χ0) is 22.2. The van der Waals surface area contributed by atoms with Gasteiger partial charge < -0.3 is 14.6 Å². The van der Waals surface area contributed by atoms with Crippen LogP contribution in [-0.2, 0) is 30.7 Å². The first-order valence-electron chi connectivity index (χ1n) is 11.0. The molecule has 0 unspecified atom stereocenters. The highest BCUT2D eigenvalue weighted by Gasteiger charge is 2.32. The Morgan fingerprint density at radius 3 is 2.81 bits per heavy atom. The molecule has 2 amide bonds. The fraction of sp³-hybridized carbons (Fsp3) is 0.375. The number of nitrogens with zero attached hydrogens (tertiary/aromatic N) is 3. The van der Waals surface area contributed by atoms with Crippen LogP contribution in [0.4, 0.5) is 0 Å². The first-order valence-corrected chi connectivity index (χ1v) is 11.8. The van der Waals surface area contributed by atoms with Gasteiger partial charge in [-0.05, 0) is 49.4 Å². The van der Waals surface area contributed by atoms with E-state index in [2.05, 4.69) is 21.2 Å². The van der Waals surface area contributed by atoms with E-state index in [1.807, 2.05) is 42.3 Å². The minimum Gasteiger partial charge on any atom is -0.455 e. The smallest absolute Gasteiger partial charge is 0.289 e. The molecule has 0 saturated carbocycles. The molecule has 0 radical (unpaired) electrons. The van der Waals surface area contributed by atoms with E-state index in [9.17, 15) is 9.59 Å². The van der Waals surface area contributed by atoms with Crippen LogP contribution in [0, 0.1) is 6.92 Å². The van der Waals surface area contributed by atoms with E-state index < -0.39 is 0 Å². The quantitative estimate of drug-likeness (QED) is 0.581. The number of benzene rings is 1. The number of nitrogens with one attached hydrogen (secondary N) is 1. The number of aromatic nitrogens is 2. The van der Waals surface area contributed by atoms with Gasteiger partial charge in [0.25, 0.3) is 5.91 Å². The normalized spacial score (nSPS) is 14.9. The molecule has 1 aliphatic carbocycles. The van der Waals surface area contributed by atoms with Crippen LogP contribution in [0.15, 0.2) is 39.4 Å². The summed E-state index contributed by atoms with van der Waals surface area (Å²) in [7, 11) is 0. The first-order chi connectivity index (χ1) is 15.5. The third kappa shape index (κ3) is 3.99. The largest absolute Gasteiger partial charge is 0.455 e. The average molecular weight is 497 g/mol.